The van der Waals surface area contributed by atoms with Gasteiger partial charge in [0.2, 0.25) is 11.2 Å². The van der Waals surface area contributed by atoms with Crippen molar-refractivity contribution in [3.8, 4) is 5.75 Å². The first-order valence-corrected chi connectivity index (χ1v) is 9.61. The molecule has 6 heteroatoms. The Balaban J connectivity index is 1.85. The number of hydrogen-bond acceptors (Lipinski definition) is 6. The molecule has 1 aliphatic heterocycles. The van der Waals surface area contributed by atoms with Gasteiger partial charge in [0.25, 0.3) is 0 Å². The summed E-state index contributed by atoms with van der Waals surface area (Å²) in [5.74, 6) is -0.602. The largest absolute Gasteiger partial charge is 0.502 e. The molecule has 0 aliphatic carbocycles. The Labute approximate surface area is 164 Å². The molecule has 0 saturated carbocycles. The fourth-order valence-electron chi connectivity index (χ4n) is 3.69. The van der Waals surface area contributed by atoms with Crippen LogP contribution in [0.5, 0.6) is 5.75 Å². The number of methoxy groups -OCH3 is 1. The minimum Gasteiger partial charge on any atom is -0.502 e. The highest BCUT2D eigenvalue weighted by molar-refractivity contribution is 5.70. The van der Waals surface area contributed by atoms with E-state index in [1.54, 1.807) is 0 Å². The Bertz CT molecular complexity index is 902. The Kier molecular flexibility index (Phi) is 6.19. The van der Waals surface area contributed by atoms with E-state index in [4.69, 9.17) is 9.15 Å². The van der Waals surface area contributed by atoms with Gasteiger partial charge in [-0.1, -0.05) is 38.1 Å². The van der Waals surface area contributed by atoms with Gasteiger partial charge in [-0.3, -0.25) is 14.5 Å². The molecule has 0 saturated heterocycles. The lowest BCUT2D eigenvalue weighted by Gasteiger charge is -2.28. The number of aromatic hydroxyl groups is 1. The van der Waals surface area contributed by atoms with Crippen LogP contribution in [0.25, 0.3) is 0 Å². The van der Waals surface area contributed by atoms with Gasteiger partial charge in [0, 0.05) is 25.1 Å². The lowest BCUT2D eigenvalue weighted by Crippen LogP contribution is -2.30. The maximum absolute atomic E-state index is 12.3. The van der Waals surface area contributed by atoms with Crippen LogP contribution in [0.4, 0.5) is 0 Å². The van der Waals surface area contributed by atoms with Gasteiger partial charge in [-0.15, -0.1) is 0 Å². The summed E-state index contributed by atoms with van der Waals surface area (Å²) in [4.78, 5) is 26.3. The molecule has 6 nitrogen and oxygen atoms in total. The summed E-state index contributed by atoms with van der Waals surface area (Å²) in [5, 5.41) is 10.3. The van der Waals surface area contributed by atoms with Gasteiger partial charge in [0.05, 0.1) is 20.1 Å². The summed E-state index contributed by atoms with van der Waals surface area (Å²) in [6.07, 6.45) is 0.994. The summed E-state index contributed by atoms with van der Waals surface area (Å²) < 4.78 is 10.7. The van der Waals surface area contributed by atoms with Crippen molar-refractivity contribution in [3.63, 3.8) is 0 Å². The topological polar surface area (TPSA) is 80.0 Å². The SMILES string of the molecule is COC(=O)C[C@@H](c1oc(CN2CCc3ccccc3C2)cc(=O)c1O)C(C)C. The highest BCUT2D eigenvalue weighted by Crippen LogP contribution is 2.33. The van der Waals surface area contributed by atoms with Crippen molar-refractivity contribution in [3.05, 3.63) is 63.2 Å². The number of carbonyl (C=O) groups is 1. The average Bonchev–Trinajstić information content (AvgIpc) is 2.68. The van der Waals surface area contributed by atoms with E-state index in [2.05, 4.69) is 17.0 Å². The molecular weight excluding hydrogens is 358 g/mol. The van der Waals surface area contributed by atoms with Crippen molar-refractivity contribution in [1.82, 2.24) is 4.90 Å². The predicted octanol–water partition coefficient (Wildman–Crippen LogP) is 3.21. The van der Waals surface area contributed by atoms with Crippen LogP contribution >= 0.6 is 0 Å². The van der Waals surface area contributed by atoms with Crippen LogP contribution in [0.15, 0.2) is 39.5 Å². The number of hydrogen-bond donors (Lipinski definition) is 1. The zero-order chi connectivity index (χ0) is 20.3. The lowest BCUT2D eigenvalue weighted by molar-refractivity contribution is -0.141. The summed E-state index contributed by atoms with van der Waals surface area (Å²) in [6, 6.07) is 9.68. The standard InChI is InChI=1S/C22H27NO5/c1-14(2)18(11-20(25)27-3)22-21(26)19(24)10-17(28-22)13-23-9-8-15-6-4-5-7-16(15)12-23/h4-7,10,14,18,26H,8-9,11-13H2,1-3H3/t18-/m1/s1. The zero-order valence-electron chi connectivity index (χ0n) is 16.6. The Hall–Kier alpha value is -2.60. The molecule has 0 amide bonds. The molecule has 2 aromatic rings. The molecule has 0 unspecified atom stereocenters. The number of carbonyl (C=O) groups excluding carboxylic acids is 1. The quantitative estimate of drug-likeness (QED) is 0.769. The second kappa shape index (κ2) is 8.61. The van der Waals surface area contributed by atoms with Crippen LogP contribution in [0.3, 0.4) is 0 Å². The van der Waals surface area contributed by atoms with Crippen LogP contribution in [0, 0.1) is 5.92 Å². The van der Waals surface area contributed by atoms with E-state index in [0.29, 0.717) is 12.3 Å². The highest BCUT2D eigenvalue weighted by Gasteiger charge is 2.28. The van der Waals surface area contributed by atoms with E-state index < -0.39 is 23.1 Å². The number of ether oxygens (including phenoxy) is 1. The molecule has 0 bridgehead atoms. The second-order valence-electron chi connectivity index (χ2n) is 7.65. The zero-order valence-corrected chi connectivity index (χ0v) is 16.6. The first-order valence-electron chi connectivity index (χ1n) is 9.61. The summed E-state index contributed by atoms with van der Waals surface area (Å²) >= 11 is 0. The summed E-state index contributed by atoms with van der Waals surface area (Å²) in [7, 11) is 1.32. The third-order valence-electron chi connectivity index (χ3n) is 5.34. The van der Waals surface area contributed by atoms with Crippen LogP contribution in [-0.2, 0) is 29.0 Å². The third-order valence-corrected chi connectivity index (χ3v) is 5.34. The number of fused-ring (bicyclic) bond motifs is 1. The molecule has 0 spiro atoms. The van der Waals surface area contributed by atoms with Crippen molar-refractivity contribution in [1.29, 1.82) is 0 Å². The monoisotopic (exact) mass is 385 g/mol. The molecule has 1 atom stereocenters. The van der Waals surface area contributed by atoms with Crippen molar-refractivity contribution < 1.29 is 19.1 Å². The normalized spacial score (nSPS) is 15.3. The second-order valence-corrected chi connectivity index (χ2v) is 7.65. The molecular formula is C22H27NO5. The molecule has 3 rings (SSSR count). The van der Waals surface area contributed by atoms with Crippen LogP contribution in [0.2, 0.25) is 0 Å². The highest BCUT2D eigenvalue weighted by atomic mass is 16.5. The van der Waals surface area contributed by atoms with Gasteiger partial charge < -0.3 is 14.3 Å². The first-order chi connectivity index (χ1) is 13.4. The van der Waals surface area contributed by atoms with Crippen LogP contribution in [-0.4, -0.2) is 29.6 Å². The Morgan fingerprint density at radius 1 is 1.29 bits per heavy atom. The Morgan fingerprint density at radius 3 is 2.68 bits per heavy atom. The maximum atomic E-state index is 12.3. The molecule has 1 N–H and O–H groups in total. The lowest BCUT2D eigenvalue weighted by atomic mass is 9.89. The van der Waals surface area contributed by atoms with Crippen LogP contribution < -0.4 is 5.43 Å². The molecule has 0 fully saturated rings. The molecule has 1 aromatic heterocycles. The van der Waals surface area contributed by atoms with E-state index in [0.717, 1.165) is 19.5 Å². The molecule has 1 aliphatic rings. The maximum Gasteiger partial charge on any atom is 0.306 e. The van der Waals surface area contributed by atoms with Gasteiger partial charge in [-0.2, -0.15) is 0 Å². The van der Waals surface area contributed by atoms with E-state index in [9.17, 15) is 14.7 Å². The minimum absolute atomic E-state index is 0.00902. The van der Waals surface area contributed by atoms with Gasteiger partial charge >= 0.3 is 5.97 Å². The summed E-state index contributed by atoms with van der Waals surface area (Å²) in [6.45, 7) is 5.96. The summed E-state index contributed by atoms with van der Waals surface area (Å²) in [5.41, 5.74) is 2.15. The fourth-order valence-corrected chi connectivity index (χ4v) is 3.69. The van der Waals surface area contributed by atoms with Crippen molar-refractivity contribution in [2.45, 2.75) is 45.7 Å². The fraction of sp³-hybridized carbons (Fsp3) is 0.455. The van der Waals surface area contributed by atoms with E-state index in [-0.39, 0.29) is 18.1 Å². The van der Waals surface area contributed by atoms with Crippen molar-refractivity contribution >= 4 is 5.97 Å². The predicted molar refractivity (Wildman–Crippen MR) is 105 cm³/mol. The van der Waals surface area contributed by atoms with Crippen molar-refractivity contribution in [2.24, 2.45) is 5.92 Å². The van der Waals surface area contributed by atoms with Gasteiger partial charge in [0.1, 0.15) is 5.76 Å². The molecule has 28 heavy (non-hydrogen) atoms. The smallest absolute Gasteiger partial charge is 0.306 e. The van der Waals surface area contributed by atoms with Crippen molar-refractivity contribution in [2.75, 3.05) is 13.7 Å². The van der Waals surface area contributed by atoms with Gasteiger partial charge in [0.15, 0.2) is 5.76 Å². The molecule has 150 valence electrons. The average molecular weight is 385 g/mol. The first kappa shape index (κ1) is 20.1. The van der Waals surface area contributed by atoms with Crippen LogP contribution in [0.1, 0.15) is 48.8 Å². The molecule has 2 heterocycles. The number of benzene rings is 1. The van der Waals surface area contributed by atoms with Gasteiger partial charge in [-0.05, 0) is 23.5 Å². The third kappa shape index (κ3) is 4.44. The molecule has 0 radical (unpaired) electrons. The van der Waals surface area contributed by atoms with E-state index >= 15 is 0 Å². The van der Waals surface area contributed by atoms with Gasteiger partial charge in [-0.25, -0.2) is 0 Å². The number of esters is 1. The van der Waals surface area contributed by atoms with E-state index in [1.165, 1.54) is 24.3 Å². The minimum atomic E-state index is -0.482. The Morgan fingerprint density at radius 2 is 2.00 bits per heavy atom. The number of rotatable bonds is 6. The molecule has 1 aromatic carbocycles. The van der Waals surface area contributed by atoms with E-state index in [1.807, 2.05) is 26.0 Å². The number of nitrogens with zero attached hydrogens (tertiary/aromatic N) is 1.